The van der Waals surface area contributed by atoms with Gasteiger partial charge in [-0.25, -0.2) is 0 Å². The molecule has 0 saturated heterocycles. The van der Waals surface area contributed by atoms with Crippen LogP contribution in [0, 0.1) is 82.8 Å². The smallest absolute Gasteiger partial charge is 0.412 e. The largest absolute Gasteiger partial charge is 3.00 e. The summed E-state index contributed by atoms with van der Waals surface area (Å²) < 4.78 is 0. The van der Waals surface area contributed by atoms with Gasteiger partial charge >= 0.3 is 36.9 Å². The quantitative estimate of drug-likeness (QED) is 0.268. The van der Waals surface area contributed by atoms with E-state index < -0.39 is 15.3 Å². The minimum atomic E-state index is -1.75. The van der Waals surface area contributed by atoms with Crippen LogP contribution in [-0.2, 0) is 0 Å². The predicted molar refractivity (Wildman–Crippen MR) is 45.5 cm³/mol. The number of nitrogens with zero attached hydrogens (tertiary/aromatic N) is 3. The fourth-order valence-electron chi connectivity index (χ4n) is 0. The van der Waals surface area contributed by atoms with E-state index in [9.17, 15) is 0 Å². The van der Waals surface area contributed by atoms with Crippen LogP contribution in [0.25, 0.3) is 0 Å². The summed E-state index contributed by atoms with van der Waals surface area (Å²) in [6, 6.07) is 0. The van der Waals surface area contributed by atoms with Crippen molar-refractivity contribution in [3.05, 3.63) is 46.0 Å². The van der Waals surface area contributed by atoms with Crippen molar-refractivity contribution in [2.24, 2.45) is 0 Å². The molecule has 8 N–H and O–H groups in total. The molecule has 0 aromatic heterocycles. The zero-order valence-electron chi connectivity index (χ0n) is 7.29. The van der Waals surface area contributed by atoms with Crippen LogP contribution >= 0.6 is 0 Å². The van der Waals surface area contributed by atoms with Gasteiger partial charge in [0.05, 0.1) is 15.3 Å². The van der Waals surface area contributed by atoms with Gasteiger partial charge in [0.15, 0.2) is 0 Å². The van der Waals surface area contributed by atoms with E-state index in [4.69, 9.17) is 46.0 Å². The molecule has 0 spiro atoms. The van der Waals surface area contributed by atoms with Gasteiger partial charge in [0.25, 0.3) is 0 Å². The number of hydrogen-bond acceptors (Lipinski definition) is 9. The van der Waals surface area contributed by atoms with Gasteiger partial charge in [0.1, 0.15) is 0 Å². The molecule has 0 atom stereocenters. The zero-order valence-corrected chi connectivity index (χ0v) is 9.07. The van der Waals surface area contributed by atoms with E-state index in [0.717, 1.165) is 0 Å². The topological polar surface area (TPSA) is 325 Å². The Balaban J connectivity index is -0.0000000104. The van der Waals surface area contributed by atoms with Crippen molar-refractivity contribution in [1.82, 2.24) is 0 Å². The Morgan fingerprint density at radius 3 is 0.471 bits per heavy atom. The van der Waals surface area contributed by atoms with Crippen LogP contribution in [0.3, 0.4) is 0 Å². The van der Waals surface area contributed by atoms with Crippen molar-refractivity contribution in [2.75, 3.05) is 0 Å². The van der Waals surface area contributed by atoms with E-state index in [0.29, 0.717) is 0 Å². The summed E-state index contributed by atoms with van der Waals surface area (Å²) in [4.78, 5) is 24.8. The molecule has 16 nitrogen and oxygen atoms in total. The van der Waals surface area contributed by atoms with E-state index in [1.807, 2.05) is 0 Å². The van der Waals surface area contributed by atoms with Crippen LogP contribution in [0.4, 0.5) is 0 Å². The van der Waals surface area contributed by atoms with E-state index in [1.165, 1.54) is 0 Å². The zero-order chi connectivity index (χ0) is 10.7. The molecule has 0 aromatic rings. The fourth-order valence-corrected chi connectivity index (χ4v) is 0. The van der Waals surface area contributed by atoms with Gasteiger partial charge in [-0.05, 0) is 0 Å². The average molecular weight is 427 g/mol. The number of rotatable bonds is 0. The average Bonchev–Trinajstić information content (AvgIpc) is 1.54. The van der Waals surface area contributed by atoms with Crippen molar-refractivity contribution in [3.8, 4) is 0 Å². The number of hydrogen-bond donors (Lipinski definition) is 0. The first-order valence-corrected chi connectivity index (χ1v) is 1.64. The molecule has 0 radical (unpaired) electrons. The second-order valence-corrected chi connectivity index (χ2v) is 0.671. The van der Waals surface area contributed by atoms with Crippen LogP contribution in [0.2, 0.25) is 0 Å². The molecule has 0 aliphatic rings. The minimum absolute atomic E-state index is 0. The van der Waals surface area contributed by atoms with Crippen molar-refractivity contribution in [1.29, 1.82) is 0 Å². The van der Waals surface area contributed by atoms with Gasteiger partial charge in [-0.15, -0.1) is 0 Å². The Hall–Kier alpha value is -1.33. The Bertz CT molecular complexity index is 114. The summed E-state index contributed by atoms with van der Waals surface area (Å²) in [7, 11) is 0. The monoisotopic (exact) mass is 427 g/mol. The van der Waals surface area contributed by atoms with E-state index in [2.05, 4.69) is 0 Å². The second kappa shape index (κ2) is 46.6. The van der Waals surface area contributed by atoms with Crippen LogP contribution in [0.5, 0.6) is 0 Å². The van der Waals surface area contributed by atoms with Crippen molar-refractivity contribution < 1.29 is 74.0 Å². The summed E-state index contributed by atoms with van der Waals surface area (Å²) >= 11 is 0. The molecule has 114 valence electrons. The molecule has 0 saturated carbocycles. The summed E-state index contributed by atoms with van der Waals surface area (Å²) in [5.74, 6) is 0. The maximum atomic E-state index is 8.25. The Kier molecular flexibility index (Phi) is 157. The Morgan fingerprint density at radius 1 is 0.471 bits per heavy atom. The molecule has 0 heterocycles. The van der Waals surface area contributed by atoms with Gasteiger partial charge in [-0.1, -0.05) is 0 Å². The van der Waals surface area contributed by atoms with Crippen LogP contribution < -0.4 is 0 Å². The Morgan fingerprint density at radius 2 is 0.471 bits per heavy atom. The van der Waals surface area contributed by atoms with Gasteiger partial charge < -0.3 is 67.9 Å². The van der Waals surface area contributed by atoms with Gasteiger partial charge in [-0.3, -0.25) is 0 Å². The molecule has 0 aromatic carbocycles. The summed E-state index contributed by atoms with van der Waals surface area (Å²) in [6.07, 6.45) is 0. The third-order valence-corrected chi connectivity index (χ3v) is 0. The van der Waals surface area contributed by atoms with E-state index in [1.54, 1.807) is 0 Å². The maximum absolute atomic E-state index is 8.25. The SMILES string of the molecule is O.O.O.O.O=[N+]([O-])[O-].O=[N+]([O-])[O-].O=[N+]([O-])[O-].[Tm+3]. The molecule has 0 aliphatic carbocycles. The van der Waals surface area contributed by atoms with E-state index >= 15 is 0 Å². The van der Waals surface area contributed by atoms with Gasteiger partial charge in [-0.2, -0.15) is 0 Å². The summed E-state index contributed by atoms with van der Waals surface area (Å²) in [5.41, 5.74) is 0. The van der Waals surface area contributed by atoms with Crippen LogP contribution in [-0.4, -0.2) is 37.2 Å². The summed E-state index contributed by atoms with van der Waals surface area (Å²) in [5, 5.41) is 44.2. The standard InChI is InChI=1S/3NO3.4H2O.Tm/c3*2-1(3)4;;;;;/h;;;4*1H2;/q3*-1;;;;;+3. The first-order chi connectivity index (χ1) is 5.20. The fraction of sp³-hybridized carbons (Fsp3) is 0. The molecule has 0 amide bonds. The first-order valence-electron chi connectivity index (χ1n) is 1.64. The van der Waals surface area contributed by atoms with Gasteiger partial charge in [0, 0.05) is 0 Å². The molecule has 17 heteroatoms. The molecule has 0 unspecified atom stereocenters. The summed E-state index contributed by atoms with van der Waals surface area (Å²) in [6.45, 7) is 0. The molecule has 0 bridgehead atoms. The van der Waals surface area contributed by atoms with Crippen molar-refractivity contribution >= 4 is 0 Å². The molecular formula is H8N3O13Tm. The normalized spacial score (nSPS) is 4.24. The first kappa shape index (κ1) is 57.3. The third-order valence-electron chi connectivity index (χ3n) is 0. The second-order valence-electron chi connectivity index (χ2n) is 0.671. The third kappa shape index (κ3) is 1340. The van der Waals surface area contributed by atoms with Gasteiger partial charge in [0.2, 0.25) is 0 Å². The predicted octanol–water partition coefficient (Wildman–Crippen LogP) is -4.02. The molecular weight excluding hydrogens is 419 g/mol. The van der Waals surface area contributed by atoms with E-state index in [-0.39, 0.29) is 58.8 Å². The Labute approximate surface area is 120 Å². The molecule has 0 fully saturated rings. The van der Waals surface area contributed by atoms with Crippen LogP contribution in [0.1, 0.15) is 0 Å². The maximum Gasteiger partial charge on any atom is 3.00 e. The van der Waals surface area contributed by atoms with Crippen molar-refractivity contribution in [3.63, 3.8) is 0 Å². The molecule has 17 heavy (non-hydrogen) atoms. The van der Waals surface area contributed by atoms with Crippen molar-refractivity contribution in [2.45, 2.75) is 0 Å². The molecule has 0 rings (SSSR count). The van der Waals surface area contributed by atoms with Crippen LogP contribution in [0.15, 0.2) is 0 Å². The molecule has 0 aliphatic heterocycles. The minimum Gasteiger partial charge on any atom is -0.412 e.